The molecule has 20 heavy (non-hydrogen) atoms. The highest BCUT2D eigenvalue weighted by atomic mass is 32.1. The van der Waals surface area contributed by atoms with Crippen molar-refractivity contribution in [1.82, 2.24) is 5.32 Å². The average Bonchev–Trinajstić information content (AvgIpc) is 2.47. The van der Waals surface area contributed by atoms with Crippen LogP contribution in [0.4, 0.5) is 4.39 Å². The first-order valence-corrected chi connectivity index (χ1v) is 7.28. The Hall–Kier alpha value is -1.49. The Morgan fingerprint density at radius 3 is 2.40 bits per heavy atom. The molecule has 5 heteroatoms. The van der Waals surface area contributed by atoms with Gasteiger partial charge in [0.1, 0.15) is 5.82 Å². The summed E-state index contributed by atoms with van der Waals surface area (Å²) in [4.78, 5) is 12.7. The van der Waals surface area contributed by atoms with Gasteiger partial charge in [-0.3, -0.25) is 4.79 Å². The van der Waals surface area contributed by atoms with Gasteiger partial charge in [-0.1, -0.05) is 43.6 Å². The highest BCUT2D eigenvalue weighted by Gasteiger charge is 2.42. The van der Waals surface area contributed by atoms with E-state index in [2.05, 4.69) is 5.32 Å². The number of nitrogens with one attached hydrogen (secondary N) is 1. The highest BCUT2D eigenvalue weighted by Crippen LogP contribution is 2.37. The minimum Gasteiger partial charge on any atom is -0.392 e. The van der Waals surface area contributed by atoms with E-state index in [1.165, 1.54) is 12.1 Å². The molecule has 2 rings (SSSR count). The van der Waals surface area contributed by atoms with Gasteiger partial charge in [-0.2, -0.15) is 0 Å². The first-order chi connectivity index (χ1) is 9.54. The molecule has 0 atom stereocenters. The van der Waals surface area contributed by atoms with Crippen LogP contribution in [0.3, 0.4) is 0 Å². The number of hydrogen-bond acceptors (Lipinski definition) is 2. The van der Waals surface area contributed by atoms with Crippen LogP contribution in [0, 0.1) is 11.2 Å². The first kappa shape index (κ1) is 14.9. The average molecular weight is 294 g/mol. The standard InChI is InChI=1S/C15H19FN2OS/c16-12-6-4-11(5-7-12)10-18-14(19)15(13(17)20)8-2-1-3-9-15/h4-7H,1-3,8-10H2,(H2,17,20)(H,18,19). The molecule has 0 bridgehead atoms. The van der Waals surface area contributed by atoms with Gasteiger partial charge in [0.25, 0.3) is 0 Å². The number of benzene rings is 1. The number of carbonyl (C=O) groups is 1. The molecular weight excluding hydrogens is 275 g/mol. The van der Waals surface area contributed by atoms with Crippen LogP contribution in [0.25, 0.3) is 0 Å². The van der Waals surface area contributed by atoms with Crippen molar-refractivity contribution < 1.29 is 9.18 Å². The third-order valence-corrected chi connectivity index (χ3v) is 4.37. The molecule has 1 aromatic carbocycles. The third-order valence-electron chi connectivity index (χ3n) is 3.98. The van der Waals surface area contributed by atoms with E-state index in [1.807, 2.05) is 0 Å². The minimum absolute atomic E-state index is 0.103. The zero-order chi connectivity index (χ0) is 14.6. The molecule has 1 aromatic rings. The predicted octanol–water partition coefficient (Wildman–Crippen LogP) is 2.68. The van der Waals surface area contributed by atoms with Crippen LogP contribution in [0.15, 0.2) is 24.3 Å². The van der Waals surface area contributed by atoms with E-state index in [1.54, 1.807) is 12.1 Å². The van der Waals surface area contributed by atoms with Crippen molar-refractivity contribution in [3.63, 3.8) is 0 Å². The zero-order valence-corrected chi connectivity index (χ0v) is 12.1. The van der Waals surface area contributed by atoms with E-state index in [0.29, 0.717) is 6.54 Å². The lowest BCUT2D eigenvalue weighted by molar-refractivity contribution is -0.129. The summed E-state index contributed by atoms with van der Waals surface area (Å²) in [5, 5.41) is 2.88. The summed E-state index contributed by atoms with van der Waals surface area (Å²) in [5.41, 5.74) is 5.97. The maximum Gasteiger partial charge on any atom is 0.233 e. The normalized spacial score (nSPS) is 17.4. The third kappa shape index (κ3) is 3.15. The summed E-state index contributed by atoms with van der Waals surface area (Å²) in [6.07, 6.45) is 4.51. The van der Waals surface area contributed by atoms with Gasteiger partial charge in [-0.05, 0) is 30.5 Å². The van der Waals surface area contributed by atoms with E-state index in [9.17, 15) is 9.18 Å². The van der Waals surface area contributed by atoms with Crippen molar-refractivity contribution in [3.05, 3.63) is 35.6 Å². The molecule has 1 amide bonds. The summed E-state index contributed by atoms with van der Waals surface area (Å²) in [5.74, 6) is -0.388. The van der Waals surface area contributed by atoms with Gasteiger partial charge in [-0.15, -0.1) is 0 Å². The molecule has 3 nitrogen and oxygen atoms in total. The van der Waals surface area contributed by atoms with E-state index < -0.39 is 5.41 Å². The van der Waals surface area contributed by atoms with Gasteiger partial charge in [0.15, 0.2) is 0 Å². The molecule has 3 N–H and O–H groups in total. The lowest BCUT2D eigenvalue weighted by Crippen LogP contribution is -2.49. The number of amides is 1. The maximum atomic E-state index is 12.8. The van der Waals surface area contributed by atoms with Crippen molar-refractivity contribution in [2.24, 2.45) is 11.1 Å². The Bertz CT molecular complexity index is 495. The number of hydrogen-bond donors (Lipinski definition) is 2. The topological polar surface area (TPSA) is 55.1 Å². The molecule has 1 saturated carbocycles. The van der Waals surface area contributed by atoms with Gasteiger partial charge >= 0.3 is 0 Å². The molecule has 1 aliphatic rings. The number of rotatable bonds is 4. The van der Waals surface area contributed by atoms with Gasteiger partial charge in [0.05, 0.1) is 10.4 Å². The van der Waals surface area contributed by atoms with Crippen molar-refractivity contribution in [2.45, 2.75) is 38.6 Å². The van der Waals surface area contributed by atoms with E-state index in [4.69, 9.17) is 18.0 Å². The summed E-state index contributed by atoms with van der Waals surface area (Å²) >= 11 is 5.12. The number of thiocarbonyl (C=S) groups is 1. The molecule has 1 aliphatic carbocycles. The summed E-state index contributed by atoms with van der Waals surface area (Å²) in [6, 6.07) is 6.07. The lowest BCUT2D eigenvalue weighted by atomic mass is 9.73. The van der Waals surface area contributed by atoms with Crippen LogP contribution < -0.4 is 11.1 Å². The molecule has 108 valence electrons. The molecule has 0 radical (unpaired) electrons. The highest BCUT2D eigenvalue weighted by molar-refractivity contribution is 7.80. The van der Waals surface area contributed by atoms with Crippen LogP contribution in [-0.2, 0) is 11.3 Å². The van der Waals surface area contributed by atoms with Gasteiger partial charge in [0, 0.05) is 6.54 Å². The predicted molar refractivity (Wildman–Crippen MR) is 80.6 cm³/mol. The van der Waals surface area contributed by atoms with Crippen molar-refractivity contribution in [3.8, 4) is 0 Å². The largest absolute Gasteiger partial charge is 0.392 e. The molecule has 0 saturated heterocycles. The number of halogens is 1. The SMILES string of the molecule is NC(=S)C1(C(=O)NCc2ccc(F)cc2)CCCCC1. The van der Waals surface area contributed by atoms with Gasteiger partial charge in [0.2, 0.25) is 5.91 Å². The van der Waals surface area contributed by atoms with Crippen molar-refractivity contribution in [1.29, 1.82) is 0 Å². The maximum absolute atomic E-state index is 12.8. The fourth-order valence-corrected chi connectivity index (χ4v) is 2.99. The summed E-state index contributed by atoms with van der Waals surface area (Å²) in [7, 11) is 0. The Balaban J connectivity index is 2.02. The van der Waals surface area contributed by atoms with Gasteiger partial charge < -0.3 is 11.1 Å². The second-order valence-corrected chi connectivity index (χ2v) is 5.76. The monoisotopic (exact) mass is 294 g/mol. The lowest BCUT2D eigenvalue weighted by Gasteiger charge is -2.34. The molecule has 0 aromatic heterocycles. The zero-order valence-electron chi connectivity index (χ0n) is 11.3. The second-order valence-electron chi connectivity index (χ2n) is 5.32. The molecule has 0 heterocycles. The molecule has 0 aliphatic heterocycles. The van der Waals surface area contributed by atoms with Crippen LogP contribution in [-0.4, -0.2) is 10.9 Å². The molecular formula is C15H19FN2OS. The molecule has 0 spiro atoms. The van der Waals surface area contributed by atoms with Crippen LogP contribution in [0.5, 0.6) is 0 Å². The Labute approximate surface area is 123 Å². The Morgan fingerprint density at radius 1 is 1.25 bits per heavy atom. The number of nitrogens with two attached hydrogens (primary N) is 1. The van der Waals surface area contributed by atoms with Crippen LogP contribution >= 0.6 is 12.2 Å². The smallest absolute Gasteiger partial charge is 0.233 e. The first-order valence-electron chi connectivity index (χ1n) is 6.87. The minimum atomic E-state index is -0.701. The Morgan fingerprint density at radius 2 is 1.85 bits per heavy atom. The number of carbonyl (C=O) groups excluding carboxylic acids is 1. The molecule has 1 fully saturated rings. The van der Waals surface area contributed by atoms with E-state index in [-0.39, 0.29) is 16.7 Å². The second kappa shape index (κ2) is 6.31. The quantitative estimate of drug-likeness (QED) is 0.839. The summed E-state index contributed by atoms with van der Waals surface area (Å²) in [6.45, 7) is 0.365. The van der Waals surface area contributed by atoms with Gasteiger partial charge in [-0.25, -0.2) is 4.39 Å². The van der Waals surface area contributed by atoms with Crippen LogP contribution in [0.1, 0.15) is 37.7 Å². The van der Waals surface area contributed by atoms with E-state index >= 15 is 0 Å². The fourth-order valence-electron chi connectivity index (χ4n) is 2.69. The summed E-state index contributed by atoms with van der Waals surface area (Å²) < 4.78 is 12.8. The molecule has 0 unspecified atom stereocenters. The fraction of sp³-hybridized carbons (Fsp3) is 0.467. The van der Waals surface area contributed by atoms with E-state index in [0.717, 1.165) is 37.7 Å². The Kier molecular flexibility index (Phi) is 4.70. The van der Waals surface area contributed by atoms with Crippen molar-refractivity contribution >= 4 is 23.1 Å². The van der Waals surface area contributed by atoms with Crippen molar-refractivity contribution in [2.75, 3.05) is 0 Å². The van der Waals surface area contributed by atoms with Crippen LogP contribution in [0.2, 0.25) is 0 Å².